The van der Waals surface area contributed by atoms with Crippen LogP contribution in [0.3, 0.4) is 0 Å². The highest BCUT2D eigenvalue weighted by molar-refractivity contribution is 5.19. The van der Waals surface area contributed by atoms with Crippen molar-refractivity contribution in [1.29, 1.82) is 0 Å². The van der Waals surface area contributed by atoms with E-state index in [-0.39, 0.29) is 11.9 Å². The van der Waals surface area contributed by atoms with Gasteiger partial charge in [-0.3, -0.25) is 0 Å². The number of aliphatic hydroxyl groups is 1. The highest BCUT2D eigenvalue weighted by atomic mass is 19.1. The lowest BCUT2D eigenvalue weighted by atomic mass is 10.2. The predicted octanol–water partition coefficient (Wildman–Crippen LogP) is -0.501. The standard InChI is InChI=1S/C22H30FN3O2/c23-22-6-2-1-4-18(22)14-25-9-3-5-20(25)15-26(19-7-8-19)17-21(27)16-24-10-12-28-13-11-24/h1-6,9,19,21,27H,7-8,10-17H2/p+2/t21-/m1/s1. The predicted molar refractivity (Wildman–Crippen MR) is 105 cm³/mol. The molecule has 2 fully saturated rings. The molecule has 1 aliphatic heterocycles. The van der Waals surface area contributed by atoms with E-state index >= 15 is 0 Å². The van der Waals surface area contributed by atoms with E-state index in [1.165, 1.54) is 34.4 Å². The summed E-state index contributed by atoms with van der Waals surface area (Å²) in [5.41, 5.74) is 1.92. The van der Waals surface area contributed by atoms with Crippen LogP contribution < -0.4 is 9.80 Å². The summed E-state index contributed by atoms with van der Waals surface area (Å²) in [6, 6.07) is 11.8. The Morgan fingerprint density at radius 2 is 1.96 bits per heavy atom. The molecular formula is C22H32FN3O2+2. The molecule has 1 aliphatic carbocycles. The number of rotatable bonds is 9. The third-order valence-electron chi connectivity index (χ3n) is 6.01. The average molecular weight is 390 g/mol. The minimum absolute atomic E-state index is 0.155. The molecule has 0 spiro atoms. The van der Waals surface area contributed by atoms with Crippen LogP contribution >= 0.6 is 0 Å². The van der Waals surface area contributed by atoms with Gasteiger partial charge >= 0.3 is 0 Å². The Balaban J connectivity index is 1.37. The van der Waals surface area contributed by atoms with Gasteiger partial charge in [0.15, 0.2) is 6.10 Å². The molecule has 2 atom stereocenters. The van der Waals surface area contributed by atoms with Gasteiger partial charge in [0, 0.05) is 24.6 Å². The topological polar surface area (TPSA) is 43.3 Å². The molecular weight excluding hydrogens is 357 g/mol. The molecule has 28 heavy (non-hydrogen) atoms. The van der Waals surface area contributed by atoms with Gasteiger partial charge in [-0.2, -0.15) is 0 Å². The summed E-state index contributed by atoms with van der Waals surface area (Å²) >= 11 is 0. The van der Waals surface area contributed by atoms with Gasteiger partial charge in [-0.1, -0.05) is 18.2 Å². The lowest BCUT2D eigenvalue weighted by Crippen LogP contribution is -3.18. The Kier molecular flexibility index (Phi) is 6.42. The fraction of sp³-hybridized carbons (Fsp3) is 0.545. The molecule has 1 aromatic carbocycles. The zero-order valence-electron chi connectivity index (χ0n) is 16.4. The first kappa shape index (κ1) is 19.6. The number of benzene rings is 1. The first-order valence-electron chi connectivity index (χ1n) is 10.5. The lowest BCUT2D eigenvalue weighted by Gasteiger charge is -2.28. The third-order valence-corrected chi connectivity index (χ3v) is 6.01. The smallest absolute Gasteiger partial charge is 0.152 e. The van der Waals surface area contributed by atoms with Crippen molar-refractivity contribution in [3.63, 3.8) is 0 Å². The molecule has 4 rings (SSSR count). The Labute approximate surface area is 166 Å². The van der Waals surface area contributed by atoms with Crippen molar-refractivity contribution in [3.8, 4) is 0 Å². The third kappa shape index (κ3) is 5.20. The van der Waals surface area contributed by atoms with Crippen molar-refractivity contribution >= 4 is 0 Å². The molecule has 2 aliphatic rings. The molecule has 1 saturated heterocycles. The van der Waals surface area contributed by atoms with Crippen molar-refractivity contribution in [2.45, 2.75) is 38.1 Å². The zero-order valence-corrected chi connectivity index (χ0v) is 16.4. The van der Waals surface area contributed by atoms with Crippen LogP contribution in [0.25, 0.3) is 0 Å². The van der Waals surface area contributed by atoms with E-state index < -0.39 is 0 Å². The summed E-state index contributed by atoms with van der Waals surface area (Å²) in [7, 11) is 0. The second kappa shape index (κ2) is 9.18. The number of aliphatic hydroxyl groups excluding tert-OH is 1. The largest absolute Gasteiger partial charge is 0.382 e. The van der Waals surface area contributed by atoms with Crippen molar-refractivity contribution in [1.82, 2.24) is 4.57 Å². The zero-order chi connectivity index (χ0) is 19.3. The Morgan fingerprint density at radius 3 is 2.71 bits per heavy atom. The summed E-state index contributed by atoms with van der Waals surface area (Å²) in [4.78, 5) is 2.89. The minimum atomic E-state index is -0.293. The fourth-order valence-electron chi connectivity index (χ4n) is 4.25. The monoisotopic (exact) mass is 389 g/mol. The maximum atomic E-state index is 14.0. The number of morpholine rings is 1. The Morgan fingerprint density at radius 1 is 1.18 bits per heavy atom. The van der Waals surface area contributed by atoms with Gasteiger partial charge in [-0.15, -0.1) is 0 Å². The van der Waals surface area contributed by atoms with E-state index in [4.69, 9.17) is 4.74 Å². The molecule has 0 amide bonds. The van der Waals surface area contributed by atoms with Gasteiger partial charge in [0.05, 0.1) is 31.5 Å². The van der Waals surface area contributed by atoms with Crippen LogP contribution in [-0.4, -0.2) is 61.2 Å². The SMILES string of the molecule is O[C@H](C[NH+]1CCOCC1)C[NH+](Cc1cccn1Cc1ccccc1F)C1CC1. The van der Waals surface area contributed by atoms with Crippen LogP contribution in [0.15, 0.2) is 42.6 Å². The second-order valence-corrected chi connectivity index (χ2v) is 8.25. The summed E-state index contributed by atoms with van der Waals surface area (Å²) in [6.07, 6.45) is 4.21. The number of hydrogen-bond acceptors (Lipinski definition) is 2. The van der Waals surface area contributed by atoms with E-state index in [9.17, 15) is 9.50 Å². The molecule has 2 heterocycles. The number of nitrogens with zero attached hydrogens (tertiary/aromatic N) is 1. The second-order valence-electron chi connectivity index (χ2n) is 8.25. The molecule has 152 valence electrons. The van der Waals surface area contributed by atoms with Crippen LogP contribution in [0.2, 0.25) is 0 Å². The average Bonchev–Trinajstić information content (AvgIpc) is 3.46. The first-order valence-corrected chi connectivity index (χ1v) is 10.5. The van der Waals surface area contributed by atoms with Gasteiger partial charge in [-0.25, -0.2) is 4.39 Å². The molecule has 6 heteroatoms. The van der Waals surface area contributed by atoms with E-state index in [0.29, 0.717) is 18.2 Å². The van der Waals surface area contributed by atoms with Crippen LogP contribution in [0.5, 0.6) is 0 Å². The quantitative estimate of drug-likeness (QED) is 0.541. The van der Waals surface area contributed by atoms with Gasteiger partial charge in [-0.05, 0) is 18.2 Å². The number of aromatic nitrogens is 1. The van der Waals surface area contributed by atoms with E-state index in [2.05, 4.69) is 10.6 Å². The van der Waals surface area contributed by atoms with Crippen LogP contribution in [0.4, 0.5) is 4.39 Å². The summed E-state index contributed by atoms with van der Waals surface area (Å²) in [5, 5.41) is 10.7. The molecule has 3 N–H and O–H groups in total. The minimum Gasteiger partial charge on any atom is -0.382 e. The molecule has 2 aromatic rings. The van der Waals surface area contributed by atoms with Crippen molar-refractivity contribution in [2.24, 2.45) is 0 Å². The molecule has 1 saturated carbocycles. The van der Waals surface area contributed by atoms with Gasteiger partial charge in [0.1, 0.15) is 38.5 Å². The van der Waals surface area contributed by atoms with Crippen molar-refractivity contribution in [3.05, 3.63) is 59.7 Å². The highest BCUT2D eigenvalue weighted by Gasteiger charge is 2.35. The number of hydrogen-bond donors (Lipinski definition) is 3. The first-order chi connectivity index (χ1) is 13.7. The number of nitrogens with one attached hydrogen (secondary N) is 2. The van der Waals surface area contributed by atoms with Crippen LogP contribution in [-0.2, 0) is 17.8 Å². The maximum absolute atomic E-state index is 14.0. The number of halogens is 1. The number of ether oxygens (including phenoxy) is 1. The van der Waals surface area contributed by atoms with Crippen molar-refractivity contribution < 1.29 is 24.0 Å². The number of quaternary nitrogens is 2. The molecule has 5 nitrogen and oxygen atoms in total. The van der Waals surface area contributed by atoms with E-state index in [1.54, 1.807) is 6.07 Å². The molecule has 1 unspecified atom stereocenters. The van der Waals surface area contributed by atoms with Crippen LogP contribution in [0.1, 0.15) is 24.1 Å². The Bertz CT molecular complexity index is 756. The van der Waals surface area contributed by atoms with Gasteiger partial charge in [0.25, 0.3) is 0 Å². The highest BCUT2D eigenvalue weighted by Crippen LogP contribution is 2.16. The Hall–Kier alpha value is -1.73. The fourth-order valence-corrected chi connectivity index (χ4v) is 4.25. The van der Waals surface area contributed by atoms with E-state index in [0.717, 1.165) is 45.9 Å². The van der Waals surface area contributed by atoms with Crippen LogP contribution in [0, 0.1) is 5.82 Å². The molecule has 0 radical (unpaired) electrons. The summed E-state index contributed by atoms with van der Waals surface area (Å²) in [5.74, 6) is -0.155. The summed E-state index contributed by atoms with van der Waals surface area (Å²) in [6.45, 7) is 6.57. The normalized spacial score (nSPS) is 20.2. The van der Waals surface area contributed by atoms with E-state index in [1.807, 2.05) is 24.4 Å². The maximum Gasteiger partial charge on any atom is 0.152 e. The molecule has 1 aromatic heterocycles. The van der Waals surface area contributed by atoms with Crippen molar-refractivity contribution in [2.75, 3.05) is 39.4 Å². The summed E-state index contributed by atoms with van der Waals surface area (Å²) < 4.78 is 21.6. The van der Waals surface area contributed by atoms with Gasteiger partial charge in [0.2, 0.25) is 0 Å². The lowest BCUT2D eigenvalue weighted by molar-refractivity contribution is -0.942. The molecule has 0 bridgehead atoms. The van der Waals surface area contributed by atoms with Gasteiger partial charge < -0.3 is 24.2 Å².